The molecule has 3 N–H and O–H groups in total. The van der Waals surface area contributed by atoms with E-state index < -0.39 is 0 Å². The number of aromatic hydroxyl groups is 2. The van der Waals surface area contributed by atoms with Gasteiger partial charge in [0, 0.05) is 18.2 Å². The summed E-state index contributed by atoms with van der Waals surface area (Å²) in [5.74, 6) is -0.451. The minimum absolute atomic E-state index is 0.102. The largest absolute Gasteiger partial charge is 0.508 e. The van der Waals surface area contributed by atoms with E-state index in [9.17, 15) is 15.0 Å². The van der Waals surface area contributed by atoms with E-state index in [1.807, 2.05) is 0 Å². The molecule has 0 atom stereocenters. The molecular weight excluding hydrogens is 230 g/mol. The zero-order chi connectivity index (χ0) is 13.2. The average Bonchev–Trinajstić information content (AvgIpc) is 3.06. The highest BCUT2D eigenvalue weighted by Crippen LogP contribution is 2.48. The molecule has 18 heavy (non-hydrogen) atoms. The highest BCUT2D eigenvalue weighted by molar-refractivity contribution is 5.95. The van der Waals surface area contributed by atoms with Gasteiger partial charge >= 0.3 is 0 Å². The Morgan fingerprint density at radius 3 is 2.39 bits per heavy atom. The molecule has 0 heterocycles. The van der Waals surface area contributed by atoms with Crippen molar-refractivity contribution in [3.63, 3.8) is 0 Å². The summed E-state index contributed by atoms with van der Waals surface area (Å²) in [4.78, 5) is 11.9. The van der Waals surface area contributed by atoms with Crippen LogP contribution >= 0.6 is 0 Å². The topological polar surface area (TPSA) is 69.6 Å². The van der Waals surface area contributed by atoms with Gasteiger partial charge in [0.1, 0.15) is 11.5 Å². The molecule has 1 aromatic rings. The summed E-state index contributed by atoms with van der Waals surface area (Å²) in [6.45, 7) is 2.82. The standard InChI is InChI=1S/C14H19NO3/c1-2-3-14(4-5-14)9-15-13(18)10-6-11(16)8-12(17)7-10/h6-8,16-17H,2-5,9H2,1H3,(H,15,18). The van der Waals surface area contributed by atoms with E-state index >= 15 is 0 Å². The highest BCUT2D eigenvalue weighted by atomic mass is 16.3. The van der Waals surface area contributed by atoms with Crippen LogP contribution in [0, 0.1) is 5.41 Å². The van der Waals surface area contributed by atoms with Crippen LogP contribution in [-0.2, 0) is 0 Å². The van der Waals surface area contributed by atoms with E-state index in [4.69, 9.17) is 0 Å². The molecule has 0 saturated heterocycles. The summed E-state index contributed by atoms with van der Waals surface area (Å²) in [6.07, 6.45) is 4.61. The van der Waals surface area contributed by atoms with Gasteiger partial charge < -0.3 is 15.5 Å². The summed E-state index contributed by atoms with van der Waals surface area (Å²) in [6, 6.07) is 3.92. The normalized spacial score (nSPS) is 16.3. The first kappa shape index (κ1) is 12.7. The van der Waals surface area contributed by atoms with Gasteiger partial charge in [-0.15, -0.1) is 0 Å². The predicted molar refractivity (Wildman–Crippen MR) is 68.7 cm³/mol. The maximum absolute atomic E-state index is 11.9. The highest BCUT2D eigenvalue weighted by Gasteiger charge is 2.41. The zero-order valence-electron chi connectivity index (χ0n) is 10.6. The Bertz CT molecular complexity index is 432. The Hall–Kier alpha value is -1.71. The summed E-state index contributed by atoms with van der Waals surface area (Å²) in [5.41, 5.74) is 0.586. The van der Waals surface area contributed by atoms with Crippen molar-refractivity contribution in [2.75, 3.05) is 6.54 Å². The Morgan fingerprint density at radius 2 is 1.89 bits per heavy atom. The molecule has 1 fully saturated rings. The number of phenolic OH excluding ortho intramolecular Hbond substituents is 2. The van der Waals surface area contributed by atoms with Crippen molar-refractivity contribution in [3.05, 3.63) is 23.8 Å². The molecule has 4 heteroatoms. The second-order valence-electron chi connectivity index (χ2n) is 5.17. The van der Waals surface area contributed by atoms with E-state index in [-0.39, 0.29) is 17.4 Å². The van der Waals surface area contributed by atoms with Gasteiger partial charge in [-0.1, -0.05) is 13.3 Å². The van der Waals surface area contributed by atoms with Crippen LogP contribution in [0.4, 0.5) is 0 Å². The van der Waals surface area contributed by atoms with Crippen LogP contribution in [0.1, 0.15) is 43.0 Å². The van der Waals surface area contributed by atoms with Gasteiger partial charge in [0.25, 0.3) is 5.91 Å². The molecule has 1 aliphatic rings. The first-order valence-corrected chi connectivity index (χ1v) is 6.36. The van der Waals surface area contributed by atoms with Crippen molar-refractivity contribution in [1.29, 1.82) is 0 Å². The fraction of sp³-hybridized carbons (Fsp3) is 0.500. The molecule has 1 aliphatic carbocycles. The Morgan fingerprint density at radius 1 is 1.28 bits per heavy atom. The van der Waals surface area contributed by atoms with Crippen LogP contribution in [0.3, 0.4) is 0 Å². The monoisotopic (exact) mass is 249 g/mol. The van der Waals surface area contributed by atoms with E-state index in [1.165, 1.54) is 31.0 Å². The van der Waals surface area contributed by atoms with Gasteiger partial charge in [-0.05, 0) is 36.8 Å². The van der Waals surface area contributed by atoms with Gasteiger partial charge in [0.2, 0.25) is 0 Å². The van der Waals surface area contributed by atoms with E-state index in [1.54, 1.807) is 0 Å². The van der Waals surface area contributed by atoms with E-state index in [2.05, 4.69) is 12.2 Å². The summed E-state index contributed by atoms with van der Waals surface area (Å²) in [5, 5.41) is 21.5. The summed E-state index contributed by atoms with van der Waals surface area (Å²) < 4.78 is 0. The molecule has 1 aromatic carbocycles. The third-order valence-electron chi connectivity index (χ3n) is 3.53. The van der Waals surface area contributed by atoms with Crippen LogP contribution in [0.2, 0.25) is 0 Å². The van der Waals surface area contributed by atoms with Crippen molar-refractivity contribution < 1.29 is 15.0 Å². The van der Waals surface area contributed by atoms with Gasteiger partial charge in [-0.2, -0.15) is 0 Å². The number of carbonyl (C=O) groups excluding carboxylic acids is 1. The number of carbonyl (C=O) groups is 1. The molecule has 0 bridgehead atoms. The molecule has 0 aromatic heterocycles. The quantitative estimate of drug-likeness (QED) is 0.750. The number of hydrogen-bond acceptors (Lipinski definition) is 3. The number of benzene rings is 1. The zero-order valence-corrected chi connectivity index (χ0v) is 10.6. The minimum Gasteiger partial charge on any atom is -0.508 e. The van der Waals surface area contributed by atoms with Crippen molar-refractivity contribution in [2.24, 2.45) is 5.41 Å². The lowest BCUT2D eigenvalue weighted by Gasteiger charge is -2.15. The number of amides is 1. The lowest BCUT2D eigenvalue weighted by molar-refractivity contribution is 0.0943. The molecule has 0 aliphatic heterocycles. The fourth-order valence-corrected chi connectivity index (χ4v) is 2.32. The Balaban J connectivity index is 1.95. The third-order valence-corrected chi connectivity index (χ3v) is 3.53. The van der Waals surface area contributed by atoms with Gasteiger partial charge in [-0.3, -0.25) is 4.79 Å². The van der Waals surface area contributed by atoms with Crippen LogP contribution in [-0.4, -0.2) is 22.7 Å². The summed E-state index contributed by atoms with van der Waals surface area (Å²) >= 11 is 0. The minimum atomic E-state index is -0.247. The molecule has 0 radical (unpaired) electrons. The maximum atomic E-state index is 11.9. The molecule has 0 unspecified atom stereocenters. The summed E-state index contributed by atoms with van der Waals surface area (Å²) in [7, 11) is 0. The second-order valence-corrected chi connectivity index (χ2v) is 5.17. The van der Waals surface area contributed by atoms with Crippen LogP contribution in [0.25, 0.3) is 0 Å². The van der Waals surface area contributed by atoms with Crippen molar-refractivity contribution in [2.45, 2.75) is 32.6 Å². The van der Waals surface area contributed by atoms with Crippen LogP contribution in [0.15, 0.2) is 18.2 Å². The fourth-order valence-electron chi connectivity index (χ4n) is 2.32. The predicted octanol–water partition coefficient (Wildman–Crippen LogP) is 2.41. The van der Waals surface area contributed by atoms with Gasteiger partial charge in [0.15, 0.2) is 0 Å². The Labute approximate surface area is 107 Å². The third kappa shape index (κ3) is 2.94. The molecule has 0 spiro atoms. The second kappa shape index (κ2) is 4.88. The number of nitrogens with one attached hydrogen (secondary N) is 1. The van der Waals surface area contributed by atoms with Crippen molar-refractivity contribution in [3.8, 4) is 11.5 Å². The van der Waals surface area contributed by atoms with Crippen LogP contribution in [0.5, 0.6) is 11.5 Å². The smallest absolute Gasteiger partial charge is 0.251 e. The molecule has 4 nitrogen and oxygen atoms in total. The molecular formula is C14H19NO3. The van der Waals surface area contributed by atoms with E-state index in [0.29, 0.717) is 17.5 Å². The lowest BCUT2D eigenvalue weighted by atomic mass is 10.0. The SMILES string of the molecule is CCCC1(CNC(=O)c2cc(O)cc(O)c2)CC1. The molecule has 98 valence electrons. The van der Waals surface area contributed by atoms with Gasteiger partial charge in [-0.25, -0.2) is 0 Å². The molecule has 1 amide bonds. The number of hydrogen-bond donors (Lipinski definition) is 3. The Kier molecular flexibility index (Phi) is 3.45. The first-order valence-electron chi connectivity index (χ1n) is 6.36. The van der Waals surface area contributed by atoms with Crippen LogP contribution < -0.4 is 5.32 Å². The lowest BCUT2D eigenvalue weighted by Crippen LogP contribution is -2.30. The van der Waals surface area contributed by atoms with Crippen molar-refractivity contribution in [1.82, 2.24) is 5.32 Å². The van der Waals surface area contributed by atoms with E-state index in [0.717, 1.165) is 12.8 Å². The average molecular weight is 249 g/mol. The van der Waals surface area contributed by atoms with Crippen molar-refractivity contribution >= 4 is 5.91 Å². The first-order chi connectivity index (χ1) is 8.54. The maximum Gasteiger partial charge on any atom is 0.251 e. The van der Waals surface area contributed by atoms with Gasteiger partial charge in [0.05, 0.1) is 0 Å². The molecule has 2 rings (SSSR count). The number of phenols is 2. The molecule has 1 saturated carbocycles. The number of rotatable bonds is 5.